The molecule has 2 aromatic rings. The minimum atomic E-state index is -0.813. The largest absolute Gasteiger partial charge is 0.492 e. The van der Waals surface area contributed by atoms with Gasteiger partial charge in [0.05, 0.1) is 11.3 Å². The molecular formula is C16H16BrFN2O2. The lowest BCUT2D eigenvalue weighted by Crippen LogP contribution is -2.19. The van der Waals surface area contributed by atoms with Crippen LogP contribution in [0.5, 0.6) is 5.75 Å². The Labute approximate surface area is 136 Å². The number of halogens is 2. The van der Waals surface area contributed by atoms with E-state index in [0.717, 1.165) is 11.3 Å². The van der Waals surface area contributed by atoms with Crippen molar-refractivity contribution in [1.29, 1.82) is 0 Å². The average Bonchev–Trinajstić information content (AvgIpc) is 2.42. The number of primary amides is 1. The molecule has 0 aliphatic heterocycles. The second kappa shape index (κ2) is 7.26. The van der Waals surface area contributed by atoms with E-state index in [2.05, 4.69) is 21.2 Å². The Morgan fingerprint density at radius 1 is 1.36 bits per heavy atom. The van der Waals surface area contributed by atoms with Gasteiger partial charge in [-0.2, -0.15) is 0 Å². The molecule has 0 saturated carbocycles. The highest BCUT2D eigenvalue weighted by molar-refractivity contribution is 9.10. The quantitative estimate of drug-likeness (QED) is 0.769. The summed E-state index contributed by atoms with van der Waals surface area (Å²) in [6.07, 6.45) is 0. The molecule has 0 bridgehead atoms. The van der Waals surface area contributed by atoms with E-state index in [9.17, 15) is 9.18 Å². The normalized spacial score (nSPS) is 10.3. The zero-order valence-corrected chi connectivity index (χ0v) is 13.6. The van der Waals surface area contributed by atoms with Crippen LogP contribution < -0.4 is 15.8 Å². The van der Waals surface area contributed by atoms with Gasteiger partial charge in [0.1, 0.15) is 18.2 Å². The summed E-state index contributed by atoms with van der Waals surface area (Å²) in [6.45, 7) is 2.76. The third-order valence-electron chi connectivity index (χ3n) is 2.98. The van der Waals surface area contributed by atoms with Crippen molar-refractivity contribution in [2.45, 2.75) is 6.92 Å². The van der Waals surface area contributed by atoms with E-state index in [4.69, 9.17) is 10.5 Å². The third kappa shape index (κ3) is 4.21. The number of benzene rings is 2. The molecule has 0 saturated heterocycles. The number of hydrogen-bond donors (Lipinski definition) is 2. The summed E-state index contributed by atoms with van der Waals surface area (Å²) in [5.74, 6) is -0.714. The average molecular weight is 367 g/mol. The fourth-order valence-electron chi connectivity index (χ4n) is 2.02. The Balaban J connectivity index is 1.98. The van der Waals surface area contributed by atoms with Crippen LogP contribution in [0.2, 0.25) is 0 Å². The second-order valence-electron chi connectivity index (χ2n) is 4.77. The third-order valence-corrected chi connectivity index (χ3v) is 3.44. The molecule has 0 aromatic heterocycles. The Bertz CT molecular complexity index is 692. The van der Waals surface area contributed by atoms with Crippen LogP contribution in [0.3, 0.4) is 0 Å². The van der Waals surface area contributed by atoms with Crippen molar-refractivity contribution < 1.29 is 13.9 Å². The van der Waals surface area contributed by atoms with Gasteiger partial charge in [0.25, 0.3) is 5.91 Å². The molecule has 22 heavy (non-hydrogen) atoms. The smallest absolute Gasteiger partial charge is 0.253 e. The molecule has 0 aliphatic rings. The Hall–Kier alpha value is -2.08. The van der Waals surface area contributed by atoms with Gasteiger partial charge in [-0.25, -0.2) is 4.39 Å². The van der Waals surface area contributed by atoms with Crippen LogP contribution in [0.1, 0.15) is 15.9 Å². The van der Waals surface area contributed by atoms with Gasteiger partial charge in [0.2, 0.25) is 0 Å². The molecular weight excluding hydrogens is 351 g/mol. The summed E-state index contributed by atoms with van der Waals surface area (Å²) in [5, 5.41) is 2.97. The predicted octanol–water partition coefficient (Wildman–Crippen LogP) is 3.49. The molecule has 0 aliphatic carbocycles. The number of nitrogens with two attached hydrogens (primary N) is 1. The van der Waals surface area contributed by atoms with E-state index in [1.165, 1.54) is 6.07 Å². The molecule has 0 spiro atoms. The predicted molar refractivity (Wildman–Crippen MR) is 87.8 cm³/mol. The maximum atomic E-state index is 13.8. The van der Waals surface area contributed by atoms with Gasteiger partial charge in [0, 0.05) is 11.0 Å². The first-order chi connectivity index (χ1) is 10.5. The van der Waals surface area contributed by atoms with Crippen molar-refractivity contribution >= 4 is 27.5 Å². The van der Waals surface area contributed by atoms with Gasteiger partial charge in [-0.1, -0.05) is 28.1 Å². The van der Waals surface area contributed by atoms with E-state index < -0.39 is 11.7 Å². The SMILES string of the molecule is Cc1cccc(OCCNc2cc(Br)cc(F)c2C(N)=O)c1. The highest BCUT2D eigenvalue weighted by Crippen LogP contribution is 2.24. The molecule has 3 N–H and O–H groups in total. The molecule has 116 valence electrons. The Morgan fingerprint density at radius 2 is 2.14 bits per heavy atom. The number of carbonyl (C=O) groups is 1. The summed E-state index contributed by atoms with van der Waals surface area (Å²) >= 11 is 3.19. The van der Waals surface area contributed by atoms with Crippen molar-refractivity contribution in [1.82, 2.24) is 0 Å². The van der Waals surface area contributed by atoms with Crippen LogP contribution in [-0.2, 0) is 0 Å². The molecule has 1 amide bonds. The molecule has 0 fully saturated rings. The van der Waals surface area contributed by atoms with Crippen molar-refractivity contribution in [3.8, 4) is 5.75 Å². The van der Waals surface area contributed by atoms with E-state index in [-0.39, 0.29) is 5.56 Å². The van der Waals surface area contributed by atoms with Crippen molar-refractivity contribution in [2.75, 3.05) is 18.5 Å². The summed E-state index contributed by atoms with van der Waals surface area (Å²) in [7, 11) is 0. The number of carbonyl (C=O) groups excluding carboxylic acids is 1. The number of nitrogens with one attached hydrogen (secondary N) is 1. The van der Waals surface area contributed by atoms with Crippen molar-refractivity contribution in [3.63, 3.8) is 0 Å². The molecule has 6 heteroatoms. The topological polar surface area (TPSA) is 64.3 Å². The maximum absolute atomic E-state index is 13.8. The number of ether oxygens (including phenoxy) is 1. The highest BCUT2D eigenvalue weighted by Gasteiger charge is 2.15. The first-order valence-corrected chi connectivity index (χ1v) is 7.49. The van der Waals surface area contributed by atoms with Crippen molar-refractivity contribution in [2.24, 2.45) is 5.73 Å². The van der Waals surface area contributed by atoms with E-state index in [1.807, 2.05) is 31.2 Å². The number of rotatable bonds is 6. The number of amides is 1. The molecule has 0 unspecified atom stereocenters. The standard InChI is InChI=1S/C16H16BrFN2O2/c1-10-3-2-4-12(7-10)22-6-5-20-14-9-11(17)8-13(18)15(14)16(19)21/h2-4,7-9,20H,5-6H2,1H3,(H2,19,21). The molecule has 2 aromatic carbocycles. The minimum absolute atomic E-state index is 0.154. The molecule has 0 atom stereocenters. The van der Waals surface area contributed by atoms with Gasteiger partial charge < -0.3 is 15.8 Å². The fraction of sp³-hybridized carbons (Fsp3) is 0.188. The summed E-state index contributed by atoms with van der Waals surface area (Å²) in [5.41, 5.74) is 6.50. The van der Waals surface area contributed by atoms with Gasteiger partial charge in [-0.05, 0) is 36.8 Å². The summed E-state index contributed by atoms with van der Waals surface area (Å²) in [4.78, 5) is 11.3. The van der Waals surface area contributed by atoms with Gasteiger partial charge in [-0.15, -0.1) is 0 Å². The van der Waals surface area contributed by atoms with E-state index >= 15 is 0 Å². The first kappa shape index (κ1) is 16.3. The number of aryl methyl sites for hydroxylation is 1. The lowest BCUT2D eigenvalue weighted by atomic mass is 10.1. The monoisotopic (exact) mass is 366 g/mol. The molecule has 0 heterocycles. The van der Waals surface area contributed by atoms with Crippen LogP contribution in [0.15, 0.2) is 40.9 Å². The van der Waals surface area contributed by atoms with Crippen LogP contribution in [0.25, 0.3) is 0 Å². The summed E-state index contributed by atoms with van der Waals surface area (Å²) in [6, 6.07) is 10.5. The Kier molecular flexibility index (Phi) is 5.38. The Morgan fingerprint density at radius 3 is 2.82 bits per heavy atom. The maximum Gasteiger partial charge on any atom is 0.253 e. The fourth-order valence-corrected chi connectivity index (χ4v) is 2.45. The van der Waals surface area contributed by atoms with E-state index in [0.29, 0.717) is 23.3 Å². The van der Waals surface area contributed by atoms with Crippen molar-refractivity contribution in [3.05, 3.63) is 57.8 Å². The zero-order chi connectivity index (χ0) is 16.1. The van der Waals surface area contributed by atoms with Gasteiger partial charge in [0.15, 0.2) is 0 Å². The lowest BCUT2D eigenvalue weighted by Gasteiger charge is -2.12. The highest BCUT2D eigenvalue weighted by atomic mass is 79.9. The second-order valence-corrected chi connectivity index (χ2v) is 5.68. The van der Waals surface area contributed by atoms with Gasteiger partial charge >= 0.3 is 0 Å². The van der Waals surface area contributed by atoms with Crippen LogP contribution in [0.4, 0.5) is 10.1 Å². The van der Waals surface area contributed by atoms with E-state index in [1.54, 1.807) is 6.07 Å². The summed E-state index contributed by atoms with van der Waals surface area (Å²) < 4.78 is 19.9. The zero-order valence-electron chi connectivity index (χ0n) is 12.0. The first-order valence-electron chi connectivity index (χ1n) is 6.69. The van der Waals surface area contributed by atoms with Crippen LogP contribution in [0, 0.1) is 12.7 Å². The van der Waals surface area contributed by atoms with Gasteiger partial charge in [-0.3, -0.25) is 4.79 Å². The lowest BCUT2D eigenvalue weighted by molar-refractivity contribution is 0.0997. The molecule has 2 rings (SSSR count). The number of anilines is 1. The molecule has 0 radical (unpaired) electrons. The minimum Gasteiger partial charge on any atom is -0.492 e. The van der Waals surface area contributed by atoms with Crippen LogP contribution >= 0.6 is 15.9 Å². The molecule has 4 nitrogen and oxygen atoms in total. The number of hydrogen-bond acceptors (Lipinski definition) is 3. The van der Waals surface area contributed by atoms with Crippen LogP contribution in [-0.4, -0.2) is 19.1 Å².